The second-order valence-electron chi connectivity index (χ2n) is 4.38. The number of hydrogen-bond donors (Lipinski definition) is 3. The Balaban J connectivity index is 2.74. The Labute approximate surface area is 137 Å². The molecule has 0 saturated carbocycles. The van der Waals surface area contributed by atoms with Crippen molar-refractivity contribution < 1.29 is 14.7 Å². The molecule has 116 valence electrons. The lowest BCUT2D eigenvalue weighted by atomic mass is 10.1. The van der Waals surface area contributed by atoms with Gasteiger partial charge in [-0.15, -0.1) is 0 Å². The third-order valence-electron chi connectivity index (χ3n) is 2.70. The van der Waals surface area contributed by atoms with Crippen molar-refractivity contribution in [3.8, 4) is 0 Å². The molecule has 5 nitrogen and oxygen atoms in total. The molecule has 0 heterocycles. The van der Waals surface area contributed by atoms with Gasteiger partial charge in [0.1, 0.15) is 6.04 Å². The van der Waals surface area contributed by atoms with E-state index in [9.17, 15) is 9.59 Å². The number of amides is 2. The summed E-state index contributed by atoms with van der Waals surface area (Å²) in [4.78, 5) is 22.9. The maximum absolute atomic E-state index is 11.8. The fourth-order valence-corrected chi connectivity index (χ4v) is 2.55. The van der Waals surface area contributed by atoms with Gasteiger partial charge in [0.05, 0.1) is 15.7 Å². The van der Waals surface area contributed by atoms with Gasteiger partial charge in [0.25, 0.3) is 0 Å². The first kappa shape index (κ1) is 17.9. The standard InChI is InChI=1S/C13H15Cl3N2O3/c1-2-3-4-10(12(19)20)17-13(21)18-11-8(15)5-7(14)6-9(11)16/h5-6,10H,2-4H2,1H3,(H,19,20)(H2,17,18,21). The number of nitrogens with one attached hydrogen (secondary N) is 2. The summed E-state index contributed by atoms with van der Waals surface area (Å²) in [5, 5.41) is 14.5. The second kappa shape index (κ2) is 8.32. The number of carbonyl (C=O) groups is 2. The number of carboxylic acid groups (broad SMARTS) is 1. The van der Waals surface area contributed by atoms with Crippen molar-refractivity contribution in [1.29, 1.82) is 0 Å². The number of halogens is 3. The molecule has 0 aliphatic rings. The first-order valence-electron chi connectivity index (χ1n) is 6.30. The van der Waals surface area contributed by atoms with Crippen LogP contribution in [0.4, 0.5) is 10.5 Å². The number of carboxylic acids is 1. The Morgan fingerprint density at radius 3 is 2.29 bits per heavy atom. The fourth-order valence-electron chi connectivity index (χ4n) is 1.64. The van der Waals surface area contributed by atoms with Crippen molar-refractivity contribution in [2.75, 3.05) is 5.32 Å². The molecular weight excluding hydrogens is 339 g/mol. The Morgan fingerprint density at radius 1 is 1.24 bits per heavy atom. The van der Waals surface area contributed by atoms with E-state index in [0.29, 0.717) is 17.9 Å². The van der Waals surface area contributed by atoms with Gasteiger partial charge in [0, 0.05) is 5.02 Å². The van der Waals surface area contributed by atoms with Gasteiger partial charge in [-0.1, -0.05) is 54.6 Å². The first-order chi connectivity index (χ1) is 9.85. The maximum atomic E-state index is 11.8. The minimum absolute atomic E-state index is 0.170. The Morgan fingerprint density at radius 2 is 1.81 bits per heavy atom. The van der Waals surface area contributed by atoms with E-state index < -0.39 is 18.0 Å². The van der Waals surface area contributed by atoms with Crippen LogP contribution < -0.4 is 10.6 Å². The third kappa shape index (κ3) is 5.61. The molecule has 0 aliphatic carbocycles. The van der Waals surface area contributed by atoms with Crippen molar-refractivity contribution in [2.24, 2.45) is 0 Å². The van der Waals surface area contributed by atoms with Gasteiger partial charge in [-0.3, -0.25) is 0 Å². The number of rotatable bonds is 6. The van der Waals surface area contributed by atoms with E-state index in [1.54, 1.807) is 0 Å². The van der Waals surface area contributed by atoms with Crippen LogP contribution in [0.3, 0.4) is 0 Å². The topological polar surface area (TPSA) is 78.4 Å². The molecule has 0 saturated heterocycles. The molecule has 0 spiro atoms. The summed E-state index contributed by atoms with van der Waals surface area (Å²) in [7, 11) is 0. The SMILES string of the molecule is CCCCC(NC(=O)Nc1c(Cl)cc(Cl)cc1Cl)C(=O)O. The predicted molar refractivity (Wildman–Crippen MR) is 84.6 cm³/mol. The van der Waals surface area contributed by atoms with Gasteiger partial charge in [-0.05, 0) is 18.6 Å². The lowest BCUT2D eigenvalue weighted by Gasteiger charge is -2.16. The summed E-state index contributed by atoms with van der Waals surface area (Å²) in [5.74, 6) is -1.09. The summed E-state index contributed by atoms with van der Waals surface area (Å²) >= 11 is 17.6. The smallest absolute Gasteiger partial charge is 0.326 e. The van der Waals surface area contributed by atoms with E-state index in [4.69, 9.17) is 39.9 Å². The minimum Gasteiger partial charge on any atom is -0.480 e. The lowest BCUT2D eigenvalue weighted by molar-refractivity contribution is -0.139. The zero-order chi connectivity index (χ0) is 16.0. The van der Waals surface area contributed by atoms with Crippen molar-refractivity contribution in [2.45, 2.75) is 32.2 Å². The average molecular weight is 354 g/mol. The number of hydrogen-bond acceptors (Lipinski definition) is 2. The van der Waals surface area contributed by atoms with Crippen LogP contribution in [-0.2, 0) is 4.79 Å². The van der Waals surface area contributed by atoms with Crippen LogP contribution in [0.5, 0.6) is 0 Å². The molecular formula is C13H15Cl3N2O3. The molecule has 0 aromatic heterocycles. The molecule has 1 unspecified atom stereocenters. The molecule has 0 fully saturated rings. The molecule has 21 heavy (non-hydrogen) atoms. The molecule has 1 aromatic rings. The van der Waals surface area contributed by atoms with Crippen molar-refractivity contribution in [1.82, 2.24) is 5.32 Å². The minimum atomic E-state index is -1.09. The van der Waals surface area contributed by atoms with Gasteiger partial charge in [0.2, 0.25) is 0 Å². The Bertz CT molecular complexity index is 514. The summed E-state index contributed by atoms with van der Waals surface area (Å²) in [6, 6.07) is 1.20. The summed E-state index contributed by atoms with van der Waals surface area (Å²) in [5.41, 5.74) is 0.180. The largest absolute Gasteiger partial charge is 0.480 e. The molecule has 3 N–H and O–H groups in total. The quantitative estimate of drug-likeness (QED) is 0.708. The van der Waals surface area contributed by atoms with E-state index in [1.807, 2.05) is 6.92 Å². The highest BCUT2D eigenvalue weighted by Crippen LogP contribution is 2.33. The number of urea groups is 1. The number of unbranched alkanes of at least 4 members (excludes halogenated alkanes) is 1. The van der Waals surface area contributed by atoms with Crippen LogP contribution in [0.25, 0.3) is 0 Å². The van der Waals surface area contributed by atoms with Gasteiger partial charge in [0.15, 0.2) is 0 Å². The molecule has 1 atom stereocenters. The van der Waals surface area contributed by atoms with Gasteiger partial charge in [-0.25, -0.2) is 9.59 Å². The third-order valence-corrected chi connectivity index (χ3v) is 3.51. The van der Waals surface area contributed by atoms with E-state index in [1.165, 1.54) is 12.1 Å². The predicted octanol–water partition coefficient (Wildman–Crippen LogP) is 4.41. The second-order valence-corrected chi connectivity index (χ2v) is 5.63. The molecule has 8 heteroatoms. The van der Waals surface area contributed by atoms with E-state index >= 15 is 0 Å². The molecule has 0 bridgehead atoms. The number of benzene rings is 1. The zero-order valence-electron chi connectivity index (χ0n) is 11.3. The Hall–Kier alpha value is -1.17. The maximum Gasteiger partial charge on any atom is 0.326 e. The van der Waals surface area contributed by atoms with Gasteiger partial charge >= 0.3 is 12.0 Å². The average Bonchev–Trinajstić information content (AvgIpc) is 2.38. The normalized spacial score (nSPS) is 11.8. The van der Waals surface area contributed by atoms with Crippen LogP contribution in [0.2, 0.25) is 15.1 Å². The van der Waals surface area contributed by atoms with Crippen LogP contribution >= 0.6 is 34.8 Å². The lowest BCUT2D eigenvalue weighted by Crippen LogP contribution is -2.43. The highest BCUT2D eigenvalue weighted by atomic mass is 35.5. The molecule has 1 rings (SSSR count). The fraction of sp³-hybridized carbons (Fsp3) is 0.385. The molecule has 1 aromatic carbocycles. The molecule has 0 radical (unpaired) electrons. The van der Waals surface area contributed by atoms with Crippen LogP contribution in [0.1, 0.15) is 26.2 Å². The van der Waals surface area contributed by atoms with Crippen molar-refractivity contribution >= 4 is 52.5 Å². The van der Waals surface area contributed by atoms with E-state index in [0.717, 1.165) is 6.42 Å². The van der Waals surface area contributed by atoms with E-state index in [-0.39, 0.29) is 15.7 Å². The zero-order valence-corrected chi connectivity index (χ0v) is 13.5. The number of aliphatic carboxylic acids is 1. The Kier molecular flexibility index (Phi) is 7.08. The van der Waals surface area contributed by atoms with Gasteiger partial charge in [-0.2, -0.15) is 0 Å². The molecule has 2 amide bonds. The number of anilines is 1. The van der Waals surface area contributed by atoms with Crippen LogP contribution in [0, 0.1) is 0 Å². The summed E-state index contributed by atoms with van der Waals surface area (Å²) in [6.45, 7) is 1.94. The first-order valence-corrected chi connectivity index (χ1v) is 7.43. The number of carbonyl (C=O) groups excluding carboxylic acids is 1. The van der Waals surface area contributed by atoms with E-state index in [2.05, 4.69) is 10.6 Å². The highest BCUT2D eigenvalue weighted by molar-refractivity contribution is 6.42. The summed E-state index contributed by atoms with van der Waals surface area (Å²) in [6.07, 6.45) is 1.88. The monoisotopic (exact) mass is 352 g/mol. The molecule has 0 aliphatic heterocycles. The van der Waals surface area contributed by atoms with Crippen molar-refractivity contribution in [3.63, 3.8) is 0 Å². The van der Waals surface area contributed by atoms with Crippen molar-refractivity contribution in [3.05, 3.63) is 27.2 Å². The van der Waals surface area contributed by atoms with Gasteiger partial charge < -0.3 is 15.7 Å². The summed E-state index contributed by atoms with van der Waals surface area (Å²) < 4.78 is 0. The van der Waals surface area contributed by atoms with Crippen LogP contribution in [-0.4, -0.2) is 23.1 Å². The van der Waals surface area contributed by atoms with Crippen LogP contribution in [0.15, 0.2) is 12.1 Å². The highest BCUT2D eigenvalue weighted by Gasteiger charge is 2.20.